The van der Waals surface area contributed by atoms with Crippen LogP contribution in [0.25, 0.3) is 0 Å². The Bertz CT molecular complexity index is 622. The Balaban J connectivity index is 2.41. The molecule has 0 bridgehead atoms. The van der Waals surface area contributed by atoms with Crippen molar-refractivity contribution in [3.8, 4) is 0 Å². The lowest BCUT2D eigenvalue weighted by Crippen LogP contribution is -2.07. The van der Waals surface area contributed by atoms with Crippen molar-refractivity contribution in [3.63, 3.8) is 0 Å². The Morgan fingerprint density at radius 3 is 2.68 bits per heavy atom. The number of carbonyl (C=O) groups excluding carboxylic acids is 1. The van der Waals surface area contributed by atoms with Gasteiger partial charge in [0.05, 0.1) is 24.1 Å². The van der Waals surface area contributed by atoms with E-state index in [1.165, 1.54) is 7.11 Å². The molecule has 0 aliphatic rings. The largest absolute Gasteiger partial charge is 0.465 e. The number of benzene rings is 1. The van der Waals surface area contributed by atoms with Crippen LogP contribution in [0.1, 0.15) is 16.1 Å². The van der Waals surface area contributed by atoms with Crippen LogP contribution in [0.4, 0.5) is 11.5 Å². The van der Waals surface area contributed by atoms with Crippen LogP contribution in [0.5, 0.6) is 0 Å². The monoisotopic (exact) mass is 279 g/mol. The zero-order chi connectivity index (χ0) is 14.0. The summed E-state index contributed by atoms with van der Waals surface area (Å²) in [5, 5.41) is 7.85. The minimum absolute atomic E-state index is 0.405. The first kappa shape index (κ1) is 13.4. The minimum Gasteiger partial charge on any atom is -0.465 e. The van der Waals surface area contributed by atoms with E-state index in [-0.39, 0.29) is 0 Å². The van der Waals surface area contributed by atoms with Crippen LogP contribution in [0.2, 0.25) is 5.02 Å². The van der Waals surface area contributed by atoms with E-state index in [0.717, 1.165) is 5.69 Å². The van der Waals surface area contributed by atoms with E-state index < -0.39 is 5.97 Å². The lowest BCUT2D eigenvalue weighted by Gasteiger charge is -2.11. The van der Waals surface area contributed by atoms with Gasteiger partial charge in [-0.1, -0.05) is 23.7 Å². The van der Waals surface area contributed by atoms with Crippen molar-refractivity contribution in [2.24, 2.45) is 7.05 Å². The molecule has 0 aliphatic carbocycles. The van der Waals surface area contributed by atoms with Gasteiger partial charge in [0.15, 0.2) is 0 Å². The van der Waals surface area contributed by atoms with Gasteiger partial charge in [0, 0.05) is 7.05 Å². The van der Waals surface area contributed by atoms with Gasteiger partial charge in [0.2, 0.25) is 0 Å². The molecule has 1 aromatic carbocycles. The van der Waals surface area contributed by atoms with Crippen molar-refractivity contribution in [2.45, 2.75) is 6.92 Å². The molecule has 0 amide bonds. The molecular formula is C13H14ClN3O2. The second-order valence-corrected chi connectivity index (χ2v) is 4.41. The number of esters is 1. The van der Waals surface area contributed by atoms with E-state index in [1.54, 1.807) is 29.9 Å². The molecule has 100 valence electrons. The van der Waals surface area contributed by atoms with Crippen molar-refractivity contribution in [3.05, 3.63) is 40.5 Å². The Labute approximate surface area is 116 Å². The maximum Gasteiger partial charge on any atom is 0.339 e. The van der Waals surface area contributed by atoms with Crippen molar-refractivity contribution in [1.82, 2.24) is 9.78 Å². The quantitative estimate of drug-likeness (QED) is 0.878. The second-order valence-electron chi connectivity index (χ2n) is 4.03. The summed E-state index contributed by atoms with van der Waals surface area (Å²) < 4.78 is 6.38. The number of halogens is 1. The Kier molecular flexibility index (Phi) is 3.76. The highest BCUT2D eigenvalue weighted by molar-refractivity contribution is 6.33. The van der Waals surface area contributed by atoms with Gasteiger partial charge in [-0.3, -0.25) is 4.68 Å². The molecule has 0 saturated carbocycles. The predicted octanol–water partition coefficient (Wildman–Crippen LogP) is 2.91. The summed E-state index contributed by atoms with van der Waals surface area (Å²) in [6.45, 7) is 1.82. The zero-order valence-corrected chi connectivity index (χ0v) is 11.7. The van der Waals surface area contributed by atoms with Crippen molar-refractivity contribution in [1.29, 1.82) is 0 Å². The van der Waals surface area contributed by atoms with Crippen LogP contribution in [0, 0.1) is 6.92 Å². The number of anilines is 2. The van der Waals surface area contributed by atoms with Crippen LogP contribution < -0.4 is 5.32 Å². The Morgan fingerprint density at radius 2 is 2.11 bits per heavy atom. The molecule has 1 aromatic heterocycles. The molecule has 2 aromatic rings. The third-order valence-electron chi connectivity index (χ3n) is 2.73. The number of rotatable bonds is 3. The minimum atomic E-state index is -0.405. The van der Waals surface area contributed by atoms with Crippen molar-refractivity contribution >= 4 is 29.1 Å². The number of para-hydroxylation sites is 1. The Hall–Kier alpha value is -2.01. The molecular weight excluding hydrogens is 266 g/mol. The van der Waals surface area contributed by atoms with Crippen molar-refractivity contribution in [2.75, 3.05) is 12.4 Å². The Morgan fingerprint density at radius 1 is 1.42 bits per heavy atom. The zero-order valence-electron chi connectivity index (χ0n) is 10.9. The number of nitrogens with one attached hydrogen (secondary N) is 1. The fourth-order valence-corrected chi connectivity index (χ4v) is 1.98. The number of hydrogen-bond acceptors (Lipinski definition) is 4. The van der Waals surface area contributed by atoms with Crippen LogP contribution in [-0.2, 0) is 11.8 Å². The van der Waals surface area contributed by atoms with Crippen LogP contribution in [-0.4, -0.2) is 22.9 Å². The number of aromatic nitrogens is 2. The maximum absolute atomic E-state index is 11.7. The van der Waals surface area contributed by atoms with Gasteiger partial charge in [0.1, 0.15) is 10.8 Å². The number of methoxy groups -OCH3 is 1. The van der Waals surface area contributed by atoms with Crippen molar-refractivity contribution < 1.29 is 9.53 Å². The molecule has 6 heteroatoms. The van der Waals surface area contributed by atoms with E-state index >= 15 is 0 Å². The van der Waals surface area contributed by atoms with E-state index in [9.17, 15) is 4.79 Å². The van der Waals surface area contributed by atoms with Gasteiger partial charge in [0.25, 0.3) is 0 Å². The highest BCUT2D eigenvalue weighted by Gasteiger charge is 2.15. The topological polar surface area (TPSA) is 56.1 Å². The first-order chi connectivity index (χ1) is 9.04. The SMILES string of the molecule is COC(=O)c1ccccc1Nc1c(Cl)c(C)nn1C. The first-order valence-corrected chi connectivity index (χ1v) is 6.06. The predicted molar refractivity (Wildman–Crippen MR) is 74.0 cm³/mol. The van der Waals surface area contributed by atoms with Crippen LogP contribution in [0.3, 0.4) is 0 Å². The molecule has 1 heterocycles. The van der Waals surface area contributed by atoms with E-state index in [1.807, 2.05) is 13.0 Å². The van der Waals surface area contributed by atoms with E-state index in [2.05, 4.69) is 10.4 Å². The van der Waals surface area contributed by atoms with Gasteiger partial charge in [-0.25, -0.2) is 4.79 Å². The summed E-state index contributed by atoms with van der Waals surface area (Å²) in [5.41, 5.74) is 1.79. The fourth-order valence-electron chi connectivity index (χ4n) is 1.78. The third-order valence-corrected chi connectivity index (χ3v) is 3.19. The molecule has 19 heavy (non-hydrogen) atoms. The van der Waals surface area contributed by atoms with Gasteiger partial charge < -0.3 is 10.1 Å². The molecule has 0 saturated heterocycles. The fraction of sp³-hybridized carbons (Fsp3) is 0.231. The molecule has 2 rings (SSSR count). The number of aryl methyl sites for hydroxylation is 2. The summed E-state index contributed by atoms with van der Waals surface area (Å²) in [5.74, 6) is 0.230. The lowest BCUT2D eigenvalue weighted by molar-refractivity contribution is 0.0602. The molecule has 0 aliphatic heterocycles. The summed E-state index contributed by atoms with van der Waals surface area (Å²) in [7, 11) is 3.13. The van der Waals surface area contributed by atoms with Gasteiger partial charge >= 0.3 is 5.97 Å². The van der Waals surface area contributed by atoms with E-state index in [0.29, 0.717) is 22.1 Å². The van der Waals surface area contributed by atoms with Gasteiger partial charge in [-0.2, -0.15) is 5.10 Å². The maximum atomic E-state index is 11.7. The lowest BCUT2D eigenvalue weighted by atomic mass is 10.2. The summed E-state index contributed by atoms with van der Waals surface area (Å²) >= 11 is 6.17. The molecule has 5 nitrogen and oxygen atoms in total. The smallest absolute Gasteiger partial charge is 0.339 e. The van der Waals surface area contributed by atoms with Gasteiger partial charge in [-0.15, -0.1) is 0 Å². The van der Waals surface area contributed by atoms with E-state index in [4.69, 9.17) is 16.3 Å². The highest BCUT2D eigenvalue weighted by atomic mass is 35.5. The number of carbonyl (C=O) groups is 1. The summed E-state index contributed by atoms with van der Waals surface area (Å²) in [6, 6.07) is 7.07. The third kappa shape index (κ3) is 2.56. The molecule has 0 atom stereocenters. The standard InChI is InChI=1S/C13H14ClN3O2/c1-8-11(14)12(17(2)16-8)15-10-7-5-4-6-9(10)13(18)19-3/h4-7,15H,1-3H3. The van der Waals surface area contributed by atoms with Gasteiger partial charge in [-0.05, 0) is 19.1 Å². The van der Waals surface area contributed by atoms with Crippen LogP contribution >= 0.6 is 11.6 Å². The molecule has 0 spiro atoms. The average molecular weight is 280 g/mol. The normalized spacial score (nSPS) is 10.3. The molecule has 0 fully saturated rings. The number of ether oxygens (including phenoxy) is 1. The molecule has 0 unspecified atom stereocenters. The summed E-state index contributed by atoms with van der Waals surface area (Å²) in [4.78, 5) is 11.7. The summed E-state index contributed by atoms with van der Waals surface area (Å²) in [6.07, 6.45) is 0. The number of nitrogens with zero attached hydrogens (tertiary/aromatic N) is 2. The number of hydrogen-bond donors (Lipinski definition) is 1. The first-order valence-electron chi connectivity index (χ1n) is 5.68. The molecule has 0 radical (unpaired) electrons. The second kappa shape index (κ2) is 5.32. The van der Waals surface area contributed by atoms with Crippen LogP contribution in [0.15, 0.2) is 24.3 Å². The average Bonchev–Trinajstić information content (AvgIpc) is 2.65. The highest BCUT2D eigenvalue weighted by Crippen LogP contribution is 2.29. The molecule has 1 N–H and O–H groups in total.